The van der Waals surface area contributed by atoms with Gasteiger partial charge in [-0.3, -0.25) is 0 Å². The molecule has 1 heterocycles. The molecule has 80 valence electrons. The summed E-state index contributed by atoms with van der Waals surface area (Å²) in [4.78, 5) is 6.48. The zero-order chi connectivity index (χ0) is 10.4. The maximum Gasteiger partial charge on any atom is 0.0949 e. The molecule has 1 rings (SSSR count). The fourth-order valence-electron chi connectivity index (χ4n) is 1.51. The molecule has 0 spiro atoms. The van der Waals surface area contributed by atoms with Gasteiger partial charge in [-0.1, -0.05) is 13.8 Å². The predicted molar refractivity (Wildman–Crippen MR) is 57.9 cm³/mol. The van der Waals surface area contributed by atoms with E-state index in [1.165, 1.54) is 0 Å². The van der Waals surface area contributed by atoms with E-state index in [9.17, 15) is 0 Å². The van der Waals surface area contributed by atoms with E-state index in [4.69, 9.17) is 5.73 Å². The number of imidazole rings is 1. The molecule has 0 unspecified atom stereocenters. The second-order valence-electron chi connectivity index (χ2n) is 3.31. The van der Waals surface area contributed by atoms with Gasteiger partial charge in [-0.2, -0.15) is 0 Å². The predicted octanol–water partition coefficient (Wildman–Crippen LogP) is 0.684. The Labute approximate surface area is 85.7 Å². The topological polar surface area (TPSA) is 47.1 Å². The van der Waals surface area contributed by atoms with Gasteiger partial charge in [0.05, 0.1) is 12.0 Å². The molecule has 1 aromatic heterocycles. The molecule has 0 saturated carbocycles. The maximum absolute atomic E-state index is 5.59. The summed E-state index contributed by atoms with van der Waals surface area (Å²) < 4.78 is 2.12. The van der Waals surface area contributed by atoms with Crippen LogP contribution < -0.4 is 5.73 Å². The molecule has 0 amide bonds. The smallest absolute Gasteiger partial charge is 0.0949 e. The number of nitrogens with two attached hydrogens (primary N) is 1. The Morgan fingerprint density at radius 3 is 2.71 bits per heavy atom. The Hall–Kier alpha value is -0.870. The highest BCUT2D eigenvalue weighted by molar-refractivity contribution is 4.97. The van der Waals surface area contributed by atoms with Crippen molar-refractivity contribution in [1.82, 2.24) is 14.5 Å². The SMILES string of the molecule is CCN(CC)CCn1cncc1CN. The molecule has 0 bridgehead atoms. The quantitative estimate of drug-likeness (QED) is 0.728. The average Bonchev–Trinajstić information content (AvgIpc) is 2.67. The van der Waals surface area contributed by atoms with Gasteiger partial charge in [0.25, 0.3) is 0 Å². The zero-order valence-corrected chi connectivity index (χ0v) is 9.11. The highest BCUT2D eigenvalue weighted by atomic mass is 15.1. The molecule has 0 radical (unpaired) electrons. The van der Waals surface area contributed by atoms with Gasteiger partial charge in [0, 0.05) is 25.8 Å². The summed E-state index contributed by atoms with van der Waals surface area (Å²) >= 11 is 0. The first kappa shape index (κ1) is 11.2. The molecule has 1 aromatic rings. The zero-order valence-electron chi connectivity index (χ0n) is 9.11. The summed E-state index contributed by atoms with van der Waals surface area (Å²) in [5, 5.41) is 0. The number of rotatable bonds is 6. The number of nitrogens with zero attached hydrogens (tertiary/aromatic N) is 3. The van der Waals surface area contributed by atoms with Crippen molar-refractivity contribution in [1.29, 1.82) is 0 Å². The summed E-state index contributed by atoms with van der Waals surface area (Å²) in [6.45, 7) is 9.18. The van der Waals surface area contributed by atoms with Crippen LogP contribution in [0.3, 0.4) is 0 Å². The summed E-state index contributed by atoms with van der Waals surface area (Å²) in [5.74, 6) is 0. The molecular formula is C10H20N4. The minimum atomic E-state index is 0.568. The monoisotopic (exact) mass is 196 g/mol. The Morgan fingerprint density at radius 2 is 2.14 bits per heavy atom. The van der Waals surface area contributed by atoms with E-state index >= 15 is 0 Å². The van der Waals surface area contributed by atoms with Gasteiger partial charge < -0.3 is 15.2 Å². The van der Waals surface area contributed by atoms with Crippen LogP contribution >= 0.6 is 0 Å². The van der Waals surface area contributed by atoms with Crippen molar-refractivity contribution in [2.45, 2.75) is 26.9 Å². The molecule has 0 saturated heterocycles. The van der Waals surface area contributed by atoms with Crippen molar-refractivity contribution < 1.29 is 0 Å². The van der Waals surface area contributed by atoms with Crippen molar-refractivity contribution in [2.75, 3.05) is 19.6 Å². The van der Waals surface area contributed by atoms with Crippen LogP contribution in [0.1, 0.15) is 19.5 Å². The summed E-state index contributed by atoms with van der Waals surface area (Å²) in [7, 11) is 0. The van der Waals surface area contributed by atoms with Gasteiger partial charge in [0.1, 0.15) is 0 Å². The lowest BCUT2D eigenvalue weighted by Crippen LogP contribution is -2.27. The van der Waals surface area contributed by atoms with Crippen LogP contribution in [0.25, 0.3) is 0 Å². The third kappa shape index (κ3) is 2.82. The molecule has 4 heteroatoms. The van der Waals surface area contributed by atoms with Crippen LogP contribution in [0.2, 0.25) is 0 Å². The van der Waals surface area contributed by atoms with Crippen LogP contribution in [-0.4, -0.2) is 34.1 Å². The van der Waals surface area contributed by atoms with Gasteiger partial charge >= 0.3 is 0 Å². The molecule has 2 N–H and O–H groups in total. The second kappa shape index (κ2) is 5.78. The number of likely N-dealkylation sites (N-methyl/N-ethyl adjacent to an activating group) is 1. The fraction of sp³-hybridized carbons (Fsp3) is 0.700. The molecule has 0 aliphatic carbocycles. The first-order valence-corrected chi connectivity index (χ1v) is 5.23. The van der Waals surface area contributed by atoms with Crippen molar-refractivity contribution in [2.24, 2.45) is 5.73 Å². The van der Waals surface area contributed by atoms with Crippen LogP contribution in [0.5, 0.6) is 0 Å². The van der Waals surface area contributed by atoms with Crippen molar-refractivity contribution >= 4 is 0 Å². The summed E-state index contributed by atoms with van der Waals surface area (Å²) in [5.41, 5.74) is 6.70. The molecule has 0 aliphatic heterocycles. The Bertz CT molecular complexity index is 252. The highest BCUT2D eigenvalue weighted by Gasteiger charge is 2.02. The molecule has 0 fully saturated rings. The van der Waals surface area contributed by atoms with E-state index in [0.29, 0.717) is 6.54 Å². The lowest BCUT2D eigenvalue weighted by Gasteiger charge is -2.18. The van der Waals surface area contributed by atoms with E-state index in [1.54, 1.807) is 0 Å². The normalized spacial score (nSPS) is 11.1. The average molecular weight is 196 g/mol. The fourth-order valence-corrected chi connectivity index (χ4v) is 1.51. The van der Waals surface area contributed by atoms with Gasteiger partial charge in [0.2, 0.25) is 0 Å². The van der Waals surface area contributed by atoms with Gasteiger partial charge in [0.15, 0.2) is 0 Å². The molecule has 0 aromatic carbocycles. The van der Waals surface area contributed by atoms with E-state index in [1.807, 2.05) is 12.5 Å². The minimum absolute atomic E-state index is 0.568. The van der Waals surface area contributed by atoms with Crippen LogP contribution in [-0.2, 0) is 13.1 Å². The number of aromatic nitrogens is 2. The number of hydrogen-bond donors (Lipinski definition) is 1. The lowest BCUT2D eigenvalue weighted by molar-refractivity contribution is 0.289. The molecule has 4 nitrogen and oxygen atoms in total. The van der Waals surface area contributed by atoms with Gasteiger partial charge in [-0.05, 0) is 13.1 Å². The molecular weight excluding hydrogens is 176 g/mol. The third-order valence-electron chi connectivity index (χ3n) is 2.56. The molecule has 0 aliphatic rings. The van der Waals surface area contributed by atoms with Crippen LogP contribution in [0.4, 0.5) is 0 Å². The second-order valence-corrected chi connectivity index (χ2v) is 3.31. The molecule has 0 atom stereocenters. The first-order chi connectivity index (χ1) is 6.81. The Balaban J connectivity index is 2.44. The maximum atomic E-state index is 5.59. The third-order valence-corrected chi connectivity index (χ3v) is 2.56. The van der Waals surface area contributed by atoms with Crippen LogP contribution in [0, 0.1) is 0 Å². The van der Waals surface area contributed by atoms with Gasteiger partial charge in [-0.25, -0.2) is 4.98 Å². The Morgan fingerprint density at radius 1 is 1.43 bits per heavy atom. The lowest BCUT2D eigenvalue weighted by atomic mass is 10.4. The Kier molecular flexibility index (Phi) is 4.62. The van der Waals surface area contributed by atoms with Crippen molar-refractivity contribution in [3.8, 4) is 0 Å². The van der Waals surface area contributed by atoms with Crippen LogP contribution in [0.15, 0.2) is 12.5 Å². The summed E-state index contributed by atoms with van der Waals surface area (Å²) in [6, 6.07) is 0. The van der Waals surface area contributed by atoms with E-state index in [2.05, 4.69) is 28.3 Å². The minimum Gasteiger partial charge on any atom is -0.332 e. The largest absolute Gasteiger partial charge is 0.332 e. The standard InChI is InChI=1S/C10H20N4/c1-3-13(4-2)5-6-14-9-12-8-10(14)7-11/h8-9H,3-7,11H2,1-2H3. The highest BCUT2D eigenvalue weighted by Crippen LogP contribution is 1.98. The van der Waals surface area contributed by atoms with Crippen molar-refractivity contribution in [3.63, 3.8) is 0 Å². The molecule has 14 heavy (non-hydrogen) atoms. The van der Waals surface area contributed by atoms with Crippen molar-refractivity contribution in [3.05, 3.63) is 18.2 Å². The van der Waals surface area contributed by atoms with E-state index < -0.39 is 0 Å². The number of hydrogen-bond acceptors (Lipinski definition) is 3. The first-order valence-electron chi connectivity index (χ1n) is 5.23. The van der Waals surface area contributed by atoms with Gasteiger partial charge in [-0.15, -0.1) is 0 Å². The summed E-state index contributed by atoms with van der Waals surface area (Å²) in [6.07, 6.45) is 3.69. The van der Waals surface area contributed by atoms with E-state index in [0.717, 1.165) is 31.9 Å². The van der Waals surface area contributed by atoms with E-state index in [-0.39, 0.29) is 0 Å².